The van der Waals surface area contributed by atoms with E-state index in [-0.39, 0.29) is 27.9 Å². The van der Waals surface area contributed by atoms with Crippen LogP contribution in [-0.4, -0.2) is 30.9 Å². The summed E-state index contributed by atoms with van der Waals surface area (Å²) in [4.78, 5) is 37.8. The molecule has 4 rings (SSSR count). The number of methoxy groups -OCH3 is 1. The Morgan fingerprint density at radius 3 is 2.35 bits per heavy atom. The maximum atomic E-state index is 15.5. The molecule has 34 heavy (non-hydrogen) atoms. The van der Waals surface area contributed by atoms with Gasteiger partial charge in [0.05, 0.1) is 24.8 Å². The third-order valence-corrected chi connectivity index (χ3v) is 5.31. The average Bonchev–Trinajstić information content (AvgIpc) is 3.27. The molecule has 0 fully saturated rings. The SMILES string of the molecule is COc1ccc(Cn2c(-c3cnn(C)c3)c([N+](=O)[O-])c(=O)n(C(F)c3ccccc3)c2=O)cc1. The Labute approximate surface area is 192 Å². The Balaban J connectivity index is 2.02. The second kappa shape index (κ2) is 9.14. The lowest BCUT2D eigenvalue weighted by molar-refractivity contribution is -0.386. The first-order valence-electron chi connectivity index (χ1n) is 10.2. The van der Waals surface area contributed by atoms with Gasteiger partial charge in [-0.05, 0) is 17.7 Å². The molecule has 0 aliphatic heterocycles. The van der Waals surface area contributed by atoms with Crippen LogP contribution < -0.4 is 16.0 Å². The second-order valence-corrected chi connectivity index (χ2v) is 7.50. The van der Waals surface area contributed by atoms with E-state index in [1.165, 1.54) is 36.3 Å². The molecule has 0 N–H and O–H groups in total. The van der Waals surface area contributed by atoms with E-state index in [1.54, 1.807) is 49.5 Å². The van der Waals surface area contributed by atoms with Crippen LogP contribution in [0.25, 0.3) is 11.3 Å². The minimum atomic E-state index is -2.22. The van der Waals surface area contributed by atoms with Crippen molar-refractivity contribution < 1.29 is 14.1 Å². The quantitative estimate of drug-likeness (QED) is 0.306. The fourth-order valence-electron chi connectivity index (χ4n) is 3.68. The number of hydrogen-bond acceptors (Lipinski definition) is 6. The Morgan fingerprint density at radius 1 is 1.12 bits per heavy atom. The molecule has 10 nitrogen and oxygen atoms in total. The summed E-state index contributed by atoms with van der Waals surface area (Å²) in [7, 11) is 3.10. The van der Waals surface area contributed by atoms with Crippen molar-refractivity contribution in [2.45, 2.75) is 12.8 Å². The smallest absolute Gasteiger partial charge is 0.358 e. The summed E-state index contributed by atoms with van der Waals surface area (Å²) in [5, 5.41) is 16.1. The highest BCUT2D eigenvalue weighted by atomic mass is 19.1. The van der Waals surface area contributed by atoms with Crippen molar-refractivity contribution >= 4 is 5.69 Å². The summed E-state index contributed by atoms with van der Waals surface area (Å²) in [6, 6.07) is 14.2. The lowest BCUT2D eigenvalue weighted by Crippen LogP contribution is -2.43. The average molecular weight is 465 g/mol. The number of nitro groups is 1. The van der Waals surface area contributed by atoms with Crippen LogP contribution in [0.4, 0.5) is 10.1 Å². The van der Waals surface area contributed by atoms with E-state index in [4.69, 9.17) is 4.74 Å². The Morgan fingerprint density at radius 2 is 1.79 bits per heavy atom. The zero-order chi connectivity index (χ0) is 24.4. The van der Waals surface area contributed by atoms with E-state index < -0.39 is 28.2 Å². The minimum Gasteiger partial charge on any atom is -0.497 e. The summed E-state index contributed by atoms with van der Waals surface area (Å²) in [6.45, 7) is -0.157. The number of rotatable bonds is 7. The zero-order valence-corrected chi connectivity index (χ0v) is 18.3. The van der Waals surface area contributed by atoms with Gasteiger partial charge in [0.15, 0.2) is 0 Å². The first-order chi connectivity index (χ1) is 16.3. The number of aryl methyl sites for hydroxylation is 1. The highest BCUT2D eigenvalue weighted by Crippen LogP contribution is 2.28. The topological polar surface area (TPSA) is 114 Å². The first-order valence-corrected chi connectivity index (χ1v) is 10.2. The summed E-state index contributed by atoms with van der Waals surface area (Å²) in [5.74, 6) is 0.576. The Bertz CT molecular complexity index is 1460. The van der Waals surface area contributed by atoms with Gasteiger partial charge in [-0.2, -0.15) is 5.10 Å². The van der Waals surface area contributed by atoms with E-state index in [0.29, 0.717) is 11.3 Å². The molecule has 0 bridgehead atoms. The van der Waals surface area contributed by atoms with Gasteiger partial charge in [-0.1, -0.05) is 42.5 Å². The van der Waals surface area contributed by atoms with Gasteiger partial charge >= 0.3 is 16.9 Å². The molecule has 0 amide bonds. The van der Waals surface area contributed by atoms with Crippen LogP contribution in [0, 0.1) is 10.1 Å². The Hall–Kier alpha value is -4.54. The molecule has 0 aliphatic carbocycles. The van der Waals surface area contributed by atoms with Crippen LogP contribution in [0.2, 0.25) is 0 Å². The van der Waals surface area contributed by atoms with E-state index in [0.717, 1.165) is 4.57 Å². The monoisotopic (exact) mass is 465 g/mol. The van der Waals surface area contributed by atoms with Gasteiger partial charge in [0, 0.05) is 24.4 Å². The van der Waals surface area contributed by atoms with E-state index in [2.05, 4.69) is 5.10 Å². The van der Waals surface area contributed by atoms with Crippen molar-refractivity contribution in [3.05, 3.63) is 109 Å². The number of hydrogen-bond donors (Lipinski definition) is 0. The summed E-state index contributed by atoms with van der Waals surface area (Å²) in [6.07, 6.45) is 0.533. The molecular formula is C23H20FN5O5. The molecule has 0 aliphatic rings. The number of nitrogens with zero attached hydrogens (tertiary/aromatic N) is 5. The van der Waals surface area contributed by atoms with Crippen LogP contribution in [0.1, 0.15) is 17.4 Å². The van der Waals surface area contributed by atoms with Crippen LogP contribution in [0.5, 0.6) is 5.75 Å². The first kappa shape index (κ1) is 22.6. The molecule has 2 aromatic heterocycles. The van der Waals surface area contributed by atoms with Gasteiger partial charge in [0.2, 0.25) is 6.30 Å². The zero-order valence-electron chi connectivity index (χ0n) is 18.3. The molecule has 174 valence electrons. The number of benzene rings is 2. The third kappa shape index (κ3) is 4.10. The van der Waals surface area contributed by atoms with Gasteiger partial charge in [0.1, 0.15) is 11.4 Å². The van der Waals surface area contributed by atoms with Crippen LogP contribution in [0.3, 0.4) is 0 Å². The highest BCUT2D eigenvalue weighted by molar-refractivity contribution is 5.68. The number of alkyl halides is 1. The summed E-state index contributed by atoms with van der Waals surface area (Å²) < 4.78 is 23.3. The van der Waals surface area contributed by atoms with Crippen molar-refractivity contribution in [2.24, 2.45) is 7.05 Å². The highest BCUT2D eigenvalue weighted by Gasteiger charge is 2.32. The molecule has 4 aromatic rings. The van der Waals surface area contributed by atoms with Crippen molar-refractivity contribution in [3.63, 3.8) is 0 Å². The maximum absolute atomic E-state index is 15.5. The van der Waals surface area contributed by atoms with Crippen LogP contribution in [0.15, 0.2) is 76.6 Å². The van der Waals surface area contributed by atoms with Crippen molar-refractivity contribution in [3.8, 4) is 17.0 Å². The van der Waals surface area contributed by atoms with Crippen molar-refractivity contribution in [2.75, 3.05) is 7.11 Å². The van der Waals surface area contributed by atoms with Gasteiger partial charge in [-0.3, -0.25) is 24.2 Å². The van der Waals surface area contributed by atoms with E-state index >= 15 is 4.39 Å². The molecule has 0 saturated carbocycles. The largest absolute Gasteiger partial charge is 0.497 e. The maximum Gasteiger partial charge on any atom is 0.358 e. The van der Waals surface area contributed by atoms with Gasteiger partial charge < -0.3 is 4.74 Å². The van der Waals surface area contributed by atoms with Gasteiger partial charge in [-0.15, -0.1) is 0 Å². The molecule has 0 saturated heterocycles. The molecule has 11 heteroatoms. The van der Waals surface area contributed by atoms with Crippen molar-refractivity contribution in [1.29, 1.82) is 0 Å². The molecule has 2 heterocycles. The van der Waals surface area contributed by atoms with Gasteiger partial charge in [-0.25, -0.2) is 13.8 Å². The lowest BCUT2D eigenvalue weighted by atomic mass is 10.1. The Kier molecular flexibility index (Phi) is 6.09. The van der Waals surface area contributed by atoms with E-state index in [1.807, 2.05) is 0 Å². The molecule has 0 spiro atoms. The standard InChI is InChI=1S/C23H20FN5O5/c1-26-14-17(12-25-26)19-20(29(32)33)22(30)28(21(24)16-6-4-3-5-7-16)23(31)27(19)13-15-8-10-18(34-2)11-9-15/h3-12,14,21H,13H2,1-2H3. The molecule has 1 unspecified atom stereocenters. The van der Waals surface area contributed by atoms with Crippen molar-refractivity contribution in [1.82, 2.24) is 18.9 Å². The lowest BCUT2D eigenvalue weighted by Gasteiger charge is -2.17. The normalized spacial score (nSPS) is 11.9. The molecule has 2 aromatic carbocycles. The predicted molar refractivity (Wildman–Crippen MR) is 122 cm³/mol. The summed E-state index contributed by atoms with van der Waals surface area (Å²) in [5.41, 5.74) is -2.75. The predicted octanol–water partition coefficient (Wildman–Crippen LogP) is 2.89. The molecule has 0 radical (unpaired) electrons. The minimum absolute atomic E-state index is 0.0149. The number of halogens is 1. The number of aromatic nitrogens is 4. The fourth-order valence-corrected chi connectivity index (χ4v) is 3.68. The third-order valence-electron chi connectivity index (χ3n) is 5.31. The van der Waals surface area contributed by atoms with E-state index in [9.17, 15) is 19.7 Å². The number of ether oxygens (including phenoxy) is 1. The van der Waals surface area contributed by atoms with Gasteiger partial charge in [0.25, 0.3) is 0 Å². The second-order valence-electron chi connectivity index (χ2n) is 7.50. The van der Waals surface area contributed by atoms with Crippen LogP contribution in [-0.2, 0) is 13.6 Å². The molecule has 1 atom stereocenters. The van der Waals surface area contributed by atoms with Crippen LogP contribution >= 0.6 is 0 Å². The summed E-state index contributed by atoms with van der Waals surface area (Å²) >= 11 is 0. The molecular weight excluding hydrogens is 445 g/mol. The fraction of sp³-hybridized carbons (Fsp3) is 0.174.